The molecule has 0 atom stereocenters. The monoisotopic (exact) mass is 394 g/mol. The Bertz CT molecular complexity index is 1050. The fourth-order valence-corrected chi connectivity index (χ4v) is 4.20. The lowest BCUT2D eigenvalue weighted by Gasteiger charge is -2.07. The molecule has 7 heteroatoms. The van der Waals surface area contributed by atoms with Gasteiger partial charge in [0.1, 0.15) is 5.75 Å². The van der Waals surface area contributed by atoms with E-state index in [1.807, 2.05) is 35.7 Å². The lowest BCUT2D eigenvalue weighted by atomic mass is 10.1. The molecular formula is C21H18N2O4S. The largest absolute Gasteiger partial charge is 0.484 e. The number of rotatable bonds is 5. The summed E-state index contributed by atoms with van der Waals surface area (Å²) in [5.41, 5.74) is 4.40. The van der Waals surface area contributed by atoms with Crippen molar-refractivity contribution in [2.24, 2.45) is 0 Å². The fourth-order valence-electron chi connectivity index (χ4n) is 3.46. The minimum atomic E-state index is -0.230. The maximum Gasteiger partial charge on any atom is 0.264 e. The Labute approximate surface area is 166 Å². The van der Waals surface area contributed by atoms with E-state index in [0.29, 0.717) is 10.9 Å². The Balaban J connectivity index is 1.20. The lowest BCUT2D eigenvalue weighted by molar-refractivity contribution is -0.118. The van der Waals surface area contributed by atoms with Gasteiger partial charge in [0, 0.05) is 10.9 Å². The van der Waals surface area contributed by atoms with Gasteiger partial charge in [0.05, 0.1) is 5.69 Å². The summed E-state index contributed by atoms with van der Waals surface area (Å²) in [4.78, 5) is 16.7. The number of aromatic nitrogens is 1. The molecule has 5 rings (SSSR count). The molecule has 0 saturated carbocycles. The number of hydrogen-bond donors (Lipinski definition) is 1. The van der Waals surface area contributed by atoms with Crippen molar-refractivity contribution < 1.29 is 19.0 Å². The maximum absolute atomic E-state index is 12.2. The Morgan fingerprint density at radius 2 is 2.00 bits per heavy atom. The van der Waals surface area contributed by atoms with Crippen molar-refractivity contribution in [2.75, 3.05) is 18.7 Å². The van der Waals surface area contributed by atoms with E-state index in [1.165, 1.54) is 28.9 Å². The highest BCUT2D eigenvalue weighted by atomic mass is 32.1. The number of aryl methyl sites for hydroxylation is 2. The highest BCUT2D eigenvalue weighted by molar-refractivity contribution is 7.14. The molecule has 1 N–H and O–H groups in total. The van der Waals surface area contributed by atoms with Crippen molar-refractivity contribution in [1.82, 2.24) is 4.98 Å². The Morgan fingerprint density at radius 1 is 1.11 bits per heavy atom. The zero-order chi connectivity index (χ0) is 18.9. The van der Waals surface area contributed by atoms with Crippen LogP contribution in [0.4, 0.5) is 5.13 Å². The second-order valence-corrected chi connectivity index (χ2v) is 7.58. The summed E-state index contributed by atoms with van der Waals surface area (Å²) in [5, 5.41) is 5.23. The van der Waals surface area contributed by atoms with Gasteiger partial charge in [-0.3, -0.25) is 10.1 Å². The van der Waals surface area contributed by atoms with Crippen LogP contribution in [0.15, 0.2) is 41.8 Å². The van der Waals surface area contributed by atoms with Crippen LogP contribution < -0.4 is 19.5 Å². The highest BCUT2D eigenvalue weighted by Gasteiger charge is 2.16. The number of ether oxygens (including phenoxy) is 3. The van der Waals surface area contributed by atoms with E-state index in [9.17, 15) is 4.79 Å². The van der Waals surface area contributed by atoms with Gasteiger partial charge in [-0.15, -0.1) is 11.3 Å². The van der Waals surface area contributed by atoms with Crippen LogP contribution in [0.1, 0.15) is 17.5 Å². The standard InChI is InChI=1S/C21H18N2O4S/c24-20(10-25-16-6-4-13-2-1-3-14(13)8-16)23-21-22-17(11-28-21)15-5-7-18-19(9-15)27-12-26-18/h4-9,11H,1-3,10,12H2,(H,22,23,24). The minimum Gasteiger partial charge on any atom is -0.484 e. The van der Waals surface area contributed by atoms with Crippen LogP contribution in [0.3, 0.4) is 0 Å². The number of nitrogens with one attached hydrogen (secondary N) is 1. The first-order valence-corrected chi connectivity index (χ1v) is 10.0. The second-order valence-electron chi connectivity index (χ2n) is 6.73. The Hall–Kier alpha value is -3.06. The summed E-state index contributed by atoms with van der Waals surface area (Å²) in [6.45, 7) is 0.194. The topological polar surface area (TPSA) is 69.7 Å². The van der Waals surface area contributed by atoms with Crippen molar-refractivity contribution in [3.05, 3.63) is 52.9 Å². The van der Waals surface area contributed by atoms with Crippen molar-refractivity contribution in [2.45, 2.75) is 19.3 Å². The third-order valence-electron chi connectivity index (χ3n) is 4.86. The summed E-state index contributed by atoms with van der Waals surface area (Å²) in [6, 6.07) is 11.7. The number of anilines is 1. The number of carbonyl (C=O) groups is 1. The number of hydrogen-bond acceptors (Lipinski definition) is 6. The van der Waals surface area contributed by atoms with Crippen molar-refractivity contribution >= 4 is 22.4 Å². The number of amides is 1. The molecule has 142 valence electrons. The zero-order valence-electron chi connectivity index (χ0n) is 15.1. The van der Waals surface area contributed by atoms with Crippen molar-refractivity contribution in [1.29, 1.82) is 0 Å². The molecular weight excluding hydrogens is 376 g/mol. The first-order chi connectivity index (χ1) is 13.7. The fraction of sp³-hybridized carbons (Fsp3) is 0.238. The molecule has 2 aromatic carbocycles. The van der Waals surface area contributed by atoms with Crippen LogP contribution >= 0.6 is 11.3 Å². The summed E-state index contributed by atoms with van der Waals surface area (Å²) in [6.07, 6.45) is 3.40. The van der Waals surface area contributed by atoms with E-state index in [4.69, 9.17) is 14.2 Å². The van der Waals surface area contributed by atoms with Gasteiger partial charge in [0.15, 0.2) is 23.2 Å². The Kier molecular flexibility index (Phi) is 4.37. The summed E-state index contributed by atoms with van der Waals surface area (Å²) < 4.78 is 16.4. The molecule has 0 saturated heterocycles. The normalized spacial score (nSPS) is 14.0. The molecule has 2 heterocycles. The summed E-state index contributed by atoms with van der Waals surface area (Å²) in [5.74, 6) is 1.94. The second kappa shape index (κ2) is 7.16. The smallest absolute Gasteiger partial charge is 0.264 e. The third kappa shape index (κ3) is 3.41. The first-order valence-electron chi connectivity index (χ1n) is 9.14. The molecule has 1 aliphatic heterocycles. The van der Waals surface area contributed by atoms with Gasteiger partial charge in [0.2, 0.25) is 6.79 Å². The van der Waals surface area contributed by atoms with Crippen LogP contribution in [0.25, 0.3) is 11.3 Å². The van der Waals surface area contributed by atoms with Crippen molar-refractivity contribution in [3.63, 3.8) is 0 Å². The first kappa shape index (κ1) is 17.1. The van der Waals surface area contributed by atoms with Gasteiger partial charge in [-0.2, -0.15) is 0 Å². The molecule has 0 fully saturated rings. The molecule has 0 bridgehead atoms. The molecule has 6 nitrogen and oxygen atoms in total. The van der Waals surface area contributed by atoms with E-state index in [0.717, 1.165) is 35.6 Å². The van der Waals surface area contributed by atoms with Crippen LogP contribution in [0, 0.1) is 0 Å². The predicted octanol–water partition coefficient (Wildman–Crippen LogP) is 4.05. The number of nitrogens with zero attached hydrogens (tertiary/aromatic N) is 1. The average molecular weight is 394 g/mol. The lowest BCUT2D eigenvalue weighted by Crippen LogP contribution is -2.20. The van der Waals surface area contributed by atoms with Crippen LogP contribution in [0.2, 0.25) is 0 Å². The van der Waals surface area contributed by atoms with Gasteiger partial charge in [0.25, 0.3) is 5.91 Å². The minimum absolute atomic E-state index is 0.0439. The van der Waals surface area contributed by atoms with E-state index >= 15 is 0 Å². The molecule has 0 spiro atoms. The molecule has 2 aliphatic rings. The quantitative estimate of drug-likeness (QED) is 0.707. The molecule has 1 aliphatic carbocycles. The van der Waals surface area contributed by atoms with Gasteiger partial charge in [-0.1, -0.05) is 6.07 Å². The Morgan fingerprint density at radius 3 is 2.96 bits per heavy atom. The number of carbonyl (C=O) groups excluding carboxylic acids is 1. The molecule has 0 radical (unpaired) electrons. The molecule has 1 amide bonds. The molecule has 3 aromatic rings. The highest BCUT2D eigenvalue weighted by Crippen LogP contribution is 2.36. The SMILES string of the molecule is O=C(COc1ccc2c(c1)CCC2)Nc1nc(-c2ccc3c(c2)OCO3)cs1. The summed E-state index contributed by atoms with van der Waals surface area (Å²) >= 11 is 1.37. The predicted molar refractivity (Wildman–Crippen MR) is 106 cm³/mol. The molecule has 0 unspecified atom stereocenters. The van der Waals surface area contributed by atoms with E-state index in [-0.39, 0.29) is 19.3 Å². The van der Waals surface area contributed by atoms with Gasteiger partial charge in [-0.05, 0) is 60.7 Å². The number of fused-ring (bicyclic) bond motifs is 2. The molecule has 1 aromatic heterocycles. The van der Waals surface area contributed by atoms with E-state index < -0.39 is 0 Å². The van der Waals surface area contributed by atoms with Gasteiger partial charge < -0.3 is 14.2 Å². The zero-order valence-corrected chi connectivity index (χ0v) is 15.9. The van der Waals surface area contributed by atoms with E-state index in [1.54, 1.807) is 0 Å². The van der Waals surface area contributed by atoms with Gasteiger partial charge in [-0.25, -0.2) is 4.98 Å². The summed E-state index contributed by atoms with van der Waals surface area (Å²) in [7, 11) is 0. The van der Waals surface area contributed by atoms with E-state index in [2.05, 4.69) is 16.4 Å². The van der Waals surface area contributed by atoms with Gasteiger partial charge >= 0.3 is 0 Å². The third-order valence-corrected chi connectivity index (χ3v) is 5.62. The molecule has 28 heavy (non-hydrogen) atoms. The van der Waals surface area contributed by atoms with Crippen LogP contribution in [0.5, 0.6) is 17.2 Å². The number of benzene rings is 2. The van der Waals surface area contributed by atoms with Crippen LogP contribution in [-0.2, 0) is 17.6 Å². The maximum atomic E-state index is 12.2. The van der Waals surface area contributed by atoms with Crippen LogP contribution in [-0.4, -0.2) is 24.3 Å². The van der Waals surface area contributed by atoms with Crippen molar-refractivity contribution in [3.8, 4) is 28.5 Å². The number of thiazole rings is 1. The average Bonchev–Trinajstić information content (AvgIpc) is 3.45.